The van der Waals surface area contributed by atoms with Crippen LogP contribution in [0.2, 0.25) is 0 Å². The minimum absolute atomic E-state index is 0.123. The van der Waals surface area contributed by atoms with Gasteiger partial charge in [-0.2, -0.15) is 0 Å². The van der Waals surface area contributed by atoms with Crippen LogP contribution in [-0.4, -0.2) is 35.6 Å². The lowest BCUT2D eigenvalue weighted by Crippen LogP contribution is -2.52. The van der Waals surface area contributed by atoms with Crippen LogP contribution in [0, 0.1) is 0 Å². The van der Waals surface area contributed by atoms with Gasteiger partial charge in [0.2, 0.25) is 0 Å². The molecule has 1 unspecified atom stereocenters. The average molecular weight is 333 g/mol. The molecule has 100 valence electrons. The van der Waals surface area contributed by atoms with Crippen LogP contribution in [-0.2, 0) is 11.3 Å². The van der Waals surface area contributed by atoms with Gasteiger partial charge in [-0.15, -0.1) is 11.6 Å². The Morgan fingerprint density at radius 2 is 2.17 bits per heavy atom. The predicted molar refractivity (Wildman–Crippen MR) is 79.1 cm³/mol. The molecule has 0 amide bonds. The number of hydrogen-bond acceptors (Lipinski definition) is 2. The van der Waals surface area contributed by atoms with E-state index in [-0.39, 0.29) is 11.7 Å². The highest BCUT2D eigenvalue weighted by molar-refractivity contribution is 9.10. The van der Waals surface area contributed by atoms with Gasteiger partial charge in [-0.05, 0) is 25.5 Å². The van der Waals surface area contributed by atoms with E-state index < -0.39 is 0 Å². The minimum atomic E-state index is -0.126. The number of halogens is 2. The number of ether oxygens (including phenoxy) is 1. The fourth-order valence-corrected chi connectivity index (χ4v) is 3.06. The van der Waals surface area contributed by atoms with Gasteiger partial charge in [-0.25, -0.2) is 0 Å². The summed E-state index contributed by atoms with van der Waals surface area (Å²) in [7, 11) is 0. The quantitative estimate of drug-likeness (QED) is 0.783. The van der Waals surface area contributed by atoms with E-state index in [1.54, 1.807) is 0 Å². The summed E-state index contributed by atoms with van der Waals surface area (Å²) in [5.41, 5.74) is 1.18. The van der Waals surface area contributed by atoms with Crippen molar-refractivity contribution in [1.29, 1.82) is 0 Å². The van der Waals surface area contributed by atoms with Crippen LogP contribution in [0.15, 0.2) is 28.7 Å². The molecular weight excluding hydrogens is 314 g/mol. The maximum Gasteiger partial charge on any atom is 0.0845 e. The van der Waals surface area contributed by atoms with Gasteiger partial charge in [0.1, 0.15) is 0 Å². The van der Waals surface area contributed by atoms with E-state index in [2.05, 4.69) is 52.9 Å². The number of rotatable bonds is 3. The summed E-state index contributed by atoms with van der Waals surface area (Å²) in [5.74, 6) is 0.551. The Labute approximate surface area is 122 Å². The minimum Gasteiger partial charge on any atom is -0.368 e. The standard InChI is InChI=1S/C14H19BrClNO/c1-14(2)10-17(9-12(7-16)18-14)8-11-5-3-4-6-13(11)15/h3-6,12H,7-10H2,1-2H3. The molecule has 4 heteroatoms. The summed E-state index contributed by atoms with van der Waals surface area (Å²) in [6.07, 6.45) is 0.123. The highest BCUT2D eigenvalue weighted by atomic mass is 79.9. The molecule has 0 saturated carbocycles. The van der Waals surface area contributed by atoms with Crippen molar-refractivity contribution in [3.05, 3.63) is 34.3 Å². The van der Waals surface area contributed by atoms with Gasteiger partial charge in [0.15, 0.2) is 0 Å². The van der Waals surface area contributed by atoms with E-state index in [0.29, 0.717) is 5.88 Å². The Morgan fingerprint density at radius 1 is 1.44 bits per heavy atom. The Balaban J connectivity index is 2.07. The van der Waals surface area contributed by atoms with Gasteiger partial charge in [-0.3, -0.25) is 4.90 Å². The fraction of sp³-hybridized carbons (Fsp3) is 0.571. The molecule has 0 N–H and O–H groups in total. The lowest BCUT2D eigenvalue weighted by molar-refractivity contribution is -0.129. The van der Waals surface area contributed by atoms with Crippen molar-refractivity contribution in [1.82, 2.24) is 4.90 Å². The first kappa shape index (κ1) is 14.3. The van der Waals surface area contributed by atoms with E-state index in [9.17, 15) is 0 Å². The molecule has 2 rings (SSSR count). The lowest BCUT2D eigenvalue weighted by Gasteiger charge is -2.42. The SMILES string of the molecule is CC1(C)CN(Cc2ccccc2Br)CC(CCl)O1. The largest absolute Gasteiger partial charge is 0.368 e. The molecule has 0 bridgehead atoms. The van der Waals surface area contributed by atoms with Crippen LogP contribution in [0.1, 0.15) is 19.4 Å². The smallest absolute Gasteiger partial charge is 0.0845 e. The Kier molecular flexibility index (Phi) is 4.70. The fourth-order valence-electron chi connectivity index (χ4n) is 2.49. The van der Waals surface area contributed by atoms with Gasteiger partial charge >= 0.3 is 0 Å². The molecule has 1 aromatic rings. The predicted octanol–water partition coefficient (Wildman–Crippen LogP) is 3.67. The van der Waals surface area contributed by atoms with Gasteiger partial charge in [0, 0.05) is 30.0 Å². The van der Waals surface area contributed by atoms with Crippen LogP contribution in [0.3, 0.4) is 0 Å². The molecule has 0 spiro atoms. The molecule has 0 aromatic heterocycles. The summed E-state index contributed by atoms with van der Waals surface area (Å²) in [4.78, 5) is 2.41. The molecule has 18 heavy (non-hydrogen) atoms. The zero-order valence-corrected chi connectivity index (χ0v) is 13.2. The summed E-state index contributed by atoms with van der Waals surface area (Å²) in [5, 5.41) is 0. The summed E-state index contributed by atoms with van der Waals surface area (Å²) in [6.45, 7) is 7.01. The van der Waals surface area contributed by atoms with Crippen molar-refractivity contribution in [2.75, 3.05) is 19.0 Å². The lowest BCUT2D eigenvalue weighted by atomic mass is 10.0. The normalized spacial score (nSPS) is 24.1. The van der Waals surface area contributed by atoms with Crippen molar-refractivity contribution in [3.63, 3.8) is 0 Å². The molecule has 1 fully saturated rings. The molecule has 0 aliphatic carbocycles. The molecule has 2 nitrogen and oxygen atoms in total. The molecule has 1 heterocycles. The maximum absolute atomic E-state index is 5.95. The zero-order valence-electron chi connectivity index (χ0n) is 10.8. The average Bonchev–Trinajstić information content (AvgIpc) is 2.30. The second-order valence-corrected chi connectivity index (χ2v) is 6.58. The van der Waals surface area contributed by atoms with Gasteiger partial charge in [-0.1, -0.05) is 34.1 Å². The molecule has 1 aliphatic rings. The van der Waals surface area contributed by atoms with Gasteiger partial charge in [0.25, 0.3) is 0 Å². The van der Waals surface area contributed by atoms with E-state index >= 15 is 0 Å². The first-order valence-electron chi connectivity index (χ1n) is 6.20. The van der Waals surface area contributed by atoms with E-state index in [0.717, 1.165) is 24.1 Å². The van der Waals surface area contributed by atoms with Crippen molar-refractivity contribution in [2.45, 2.75) is 32.1 Å². The highest BCUT2D eigenvalue weighted by Gasteiger charge is 2.32. The Bertz CT molecular complexity index is 411. The number of nitrogens with zero attached hydrogens (tertiary/aromatic N) is 1. The first-order chi connectivity index (χ1) is 8.50. The Hall–Kier alpha value is -0.0900. The topological polar surface area (TPSA) is 12.5 Å². The monoisotopic (exact) mass is 331 g/mol. The summed E-state index contributed by atoms with van der Waals surface area (Å²) >= 11 is 9.55. The summed E-state index contributed by atoms with van der Waals surface area (Å²) in [6, 6.07) is 8.35. The van der Waals surface area contributed by atoms with Crippen molar-refractivity contribution in [2.24, 2.45) is 0 Å². The number of benzene rings is 1. The van der Waals surface area contributed by atoms with Crippen molar-refractivity contribution in [3.8, 4) is 0 Å². The molecule has 1 saturated heterocycles. The Morgan fingerprint density at radius 3 is 2.83 bits per heavy atom. The number of hydrogen-bond donors (Lipinski definition) is 0. The van der Waals surface area contributed by atoms with Crippen LogP contribution in [0.4, 0.5) is 0 Å². The van der Waals surface area contributed by atoms with Crippen molar-refractivity contribution < 1.29 is 4.74 Å². The third kappa shape index (κ3) is 3.70. The van der Waals surface area contributed by atoms with Crippen LogP contribution in [0.25, 0.3) is 0 Å². The molecule has 0 radical (unpaired) electrons. The third-order valence-electron chi connectivity index (χ3n) is 3.08. The molecule has 1 aromatic carbocycles. The highest BCUT2D eigenvalue weighted by Crippen LogP contribution is 2.25. The first-order valence-corrected chi connectivity index (χ1v) is 7.52. The zero-order chi connectivity index (χ0) is 13.2. The second-order valence-electron chi connectivity index (χ2n) is 5.41. The van der Waals surface area contributed by atoms with Crippen LogP contribution < -0.4 is 0 Å². The number of alkyl halides is 1. The third-order valence-corrected chi connectivity index (χ3v) is 4.19. The van der Waals surface area contributed by atoms with E-state index in [4.69, 9.17) is 16.3 Å². The molecule has 1 aliphatic heterocycles. The van der Waals surface area contributed by atoms with E-state index in [1.807, 2.05) is 6.07 Å². The molecule has 1 atom stereocenters. The molecular formula is C14H19BrClNO. The summed E-state index contributed by atoms with van der Waals surface area (Å²) < 4.78 is 7.10. The van der Waals surface area contributed by atoms with Gasteiger partial charge in [0.05, 0.1) is 11.7 Å². The van der Waals surface area contributed by atoms with Gasteiger partial charge < -0.3 is 4.74 Å². The maximum atomic E-state index is 5.95. The van der Waals surface area contributed by atoms with Crippen molar-refractivity contribution >= 4 is 27.5 Å². The number of morpholine rings is 1. The van der Waals surface area contributed by atoms with Crippen LogP contribution in [0.5, 0.6) is 0 Å². The second kappa shape index (κ2) is 5.91. The van der Waals surface area contributed by atoms with Crippen LogP contribution >= 0.6 is 27.5 Å². The van der Waals surface area contributed by atoms with E-state index in [1.165, 1.54) is 5.56 Å².